The number of hydrogen-bond donors (Lipinski definition) is 1. The van der Waals surface area contributed by atoms with E-state index in [2.05, 4.69) is 22.4 Å². The Morgan fingerprint density at radius 1 is 1.33 bits per heavy atom. The lowest BCUT2D eigenvalue weighted by atomic mass is 10.2. The lowest BCUT2D eigenvalue weighted by Crippen LogP contribution is -2.52. The number of nitrogens with one attached hydrogen (secondary N) is 1. The molecule has 0 saturated carbocycles. The third kappa shape index (κ3) is 4.10. The average Bonchev–Trinajstić information content (AvgIpc) is 3.09. The van der Waals surface area contributed by atoms with E-state index in [1.807, 2.05) is 42.2 Å². The first kappa shape index (κ1) is 16.9. The Bertz CT molecular complexity index is 676. The maximum Gasteiger partial charge on any atom is 0.317 e. The van der Waals surface area contributed by atoms with Gasteiger partial charge in [-0.1, -0.05) is 48.6 Å². The SMILES string of the molecule is CC[C@@H]1CN(C(=O)NCc2nnc(-c3ccccc3)s2)C[C@H](C)O1. The fourth-order valence-corrected chi connectivity index (χ4v) is 3.51. The molecule has 24 heavy (non-hydrogen) atoms. The number of amides is 2. The molecule has 2 heterocycles. The molecule has 1 aromatic carbocycles. The number of aromatic nitrogens is 2. The van der Waals surface area contributed by atoms with Gasteiger partial charge in [0.15, 0.2) is 0 Å². The Balaban J connectivity index is 1.56. The van der Waals surface area contributed by atoms with Crippen LogP contribution in [0.1, 0.15) is 25.3 Å². The predicted octanol–water partition coefficient (Wildman–Crippen LogP) is 2.91. The van der Waals surface area contributed by atoms with Crippen LogP contribution in [-0.2, 0) is 11.3 Å². The van der Waals surface area contributed by atoms with Gasteiger partial charge >= 0.3 is 6.03 Å². The zero-order valence-electron chi connectivity index (χ0n) is 13.9. The minimum absolute atomic E-state index is 0.0694. The Labute approximate surface area is 145 Å². The summed E-state index contributed by atoms with van der Waals surface area (Å²) in [5.41, 5.74) is 1.04. The van der Waals surface area contributed by atoms with Crippen molar-refractivity contribution < 1.29 is 9.53 Å². The smallest absolute Gasteiger partial charge is 0.317 e. The first-order valence-electron chi connectivity index (χ1n) is 8.21. The van der Waals surface area contributed by atoms with Crippen LogP contribution in [-0.4, -0.2) is 46.4 Å². The lowest BCUT2D eigenvalue weighted by molar-refractivity contribution is -0.0646. The molecule has 0 bridgehead atoms. The van der Waals surface area contributed by atoms with Gasteiger partial charge in [0.25, 0.3) is 0 Å². The molecule has 2 amide bonds. The van der Waals surface area contributed by atoms with Gasteiger partial charge in [-0.3, -0.25) is 0 Å². The standard InChI is InChI=1S/C17H22N4O2S/c1-3-14-11-21(10-12(2)23-14)17(22)18-9-15-19-20-16(24-15)13-7-5-4-6-8-13/h4-8,12,14H,3,9-11H2,1-2H3,(H,18,22)/t12-,14+/m0/s1. The molecule has 2 aromatic rings. The molecule has 0 spiro atoms. The topological polar surface area (TPSA) is 67.4 Å². The third-order valence-electron chi connectivity index (χ3n) is 3.95. The van der Waals surface area contributed by atoms with Crippen LogP contribution < -0.4 is 5.32 Å². The Morgan fingerprint density at radius 2 is 2.12 bits per heavy atom. The number of carbonyl (C=O) groups excluding carboxylic acids is 1. The van der Waals surface area contributed by atoms with Gasteiger partial charge in [0.05, 0.1) is 18.8 Å². The molecule has 6 nitrogen and oxygen atoms in total. The average molecular weight is 346 g/mol. The van der Waals surface area contributed by atoms with E-state index < -0.39 is 0 Å². The van der Waals surface area contributed by atoms with Crippen LogP contribution in [0.3, 0.4) is 0 Å². The summed E-state index contributed by atoms with van der Waals surface area (Å²) in [6.07, 6.45) is 1.09. The molecular formula is C17H22N4O2S. The van der Waals surface area contributed by atoms with Crippen molar-refractivity contribution in [3.05, 3.63) is 35.3 Å². The van der Waals surface area contributed by atoms with Crippen LogP contribution in [0.2, 0.25) is 0 Å². The van der Waals surface area contributed by atoms with E-state index in [1.165, 1.54) is 11.3 Å². The first-order chi connectivity index (χ1) is 11.7. The number of hydrogen-bond acceptors (Lipinski definition) is 5. The molecule has 7 heteroatoms. The normalized spacial score (nSPS) is 20.8. The van der Waals surface area contributed by atoms with Crippen LogP contribution in [0, 0.1) is 0 Å². The number of morpholine rings is 1. The molecular weight excluding hydrogens is 324 g/mol. The van der Waals surface area contributed by atoms with Crippen LogP contribution >= 0.6 is 11.3 Å². The summed E-state index contributed by atoms with van der Waals surface area (Å²) in [5.74, 6) is 0. The number of carbonyl (C=O) groups is 1. The van der Waals surface area contributed by atoms with Crippen LogP contribution in [0.15, 0.2) is 30.3 Å². The number of nitrogens with zero attached hydrogens (tertiary/aromatic N) is 3. The molecule has 1 N–H and O–H groups in total. The van der Waals surface area contributed by atoms with E-state index in [0.717, 1.165) is 22.0 Å². The first-order valence-corrected chi connectivity index (χ1v) is 9.03. The molecule has 1 aliphatic rings. The second-order valence-corrected chi connectivity index (χ2v) is 6.97. The van der Waals surface area contributed by atoms with Crippen LogP contribution in [0.5, 0.6) is 0 Å². The van der Waals surface area contributed by atoms with Gasteiger partial charge in [0, 0.05) is 18.7 Å². The molecule has 0 unspecified atom stereocenters. The van der Waals surface area contributed by atoms with Crippen molar-refractivity contribution in [2.24, 2.45) is 0 Å². The molecule has 1 aliphatic heterocycles. The predicted molar refractivity (Wildman–Crippen MR) is 93.8 cm³/mol. The van der Waals surface area contributed by atoms with Crippen molar-refractivity contribution >= 4 is 17.4 Å². The maximum atomic E-state index is 12.4. The Morgan fingerprint density at radius 3 is 2.88 bits per heavy atom. The quantitative estimate of drug-likeness (QED) is 0.924. The van der Waals surface area contributed by atoms with E-state index >= 15 is 0 Å². The summed E-state index contributed by atoms with van der Waals surface area (Å²) >= 11 is 1.50. The van der Waals surface area contributed by atoms with Gasteiger partial charge in [-0.25, -0.2) is 4.79 Å². The summed E-state index contributed by atoms with van der Waals surface area (Å²) in [4.78, 5) is 14.2. The van der Waals surface area contributed by atoms with Gasteiger partial charge in [0.1, 0.15) is 10.0 Å². The van der Waals surface area contributed by atoms with Gasteiger partial charge in [-0.05, 0) is 13.3 Å². The number of urea groups is 1. The summed E-state index contributed by atoms with van der Waals surface area (Å²) in [7, 11) is 0. The largest absolute Gasteiger partial charge is 0.372 e. The highest BCUT2D eigenvalue weighted by Crippen LogP contribution is 2.23. The molecule has 0 aliphatic carbocycles. The van der Waals surface area contributed by atoms with Gasteiger partial charge in [-0.15, -0.1) is 10.2 Å². The van der Waals surface area contributed by atoms with Crippen molar-refractivity contribution in [2.75, 3.05) is 13.1 Å². The molecule has 3 rings (SSSR count). The van der Waals surface area contributed by atoms with Crippen molar-refractivity contribution in [1.82, 2.24) is 20.4 Å². The Kier molecular flexibility index (Phi) is 5.42. The minimum atomic E-state index is -0.0694. The fourth-order valence-electron chi connectivity index (χ4n) is 2.72. The summed E-state index contributed by atoms with van der Waals surface area (Å²) in [6, 6.07) is 9.86. The van der Waals surface area contributed by atoms with E-state index in [-0.39, 0.29) is 18.2 Å². The van der Waals surface area contributed by atoms with Crippen LogP contribution in [0.4, 0.5) is 4.79 Å². The van der Waals surface area contributed by atoms with Crippen molar-refractivity contribution in [1.29, 1.82) is 0 Å². The summed E-state index contributed by atoms with van der Waals surface area (Å²) in [5, 5.41) is 13.0. The highest BCUT2D eigenvalue weighted by Gasteiger charge is 2.27. The number of rotatable bonds is 4. The highest BCUT2D eigenvalue weighted by molar-refractivity contribution is 7.14. The number of benzene rings is 1. The number of ether oxygens (including phenoxy) is 1. The van der Waals surface area contributed by atoms with Gasteiger partial charge < -0.3 is 15.0 Å². The van der Waals surface area contributed by atoms with Crippen molar-refractivity contribution in [2.45, 2.75) is 39.0 Å². The zero-order chi connectivity index (χ0) is 16.9. The second kappa shape index (κ2) is 7.72. The lowest BCUT2D eigenvalue weighted by Gasteiger charge is -2.36. The molecule has 128 valence electrons. The highest BCUT2D eigenvalue weighted by atomic mass is 32.1. The van der Waals surface area contributed by atoms with E-state index in [1.54, 1.807) is 0 Å². The monoisotopic (exact) mass is 346 g/mol. The fraction of sp³-hybridized carbons (Fsp3) is 0.471. The molecule has 1 saturated heterocycles. The molecule has 1 fully saturated rings. The third-order valence-corrected chi connectivity index (χ3v) is 4.92. The summed E-state index contributed by atoms with van der Waals surface area (Å²) in [6.45, 7) is 5.72. The van der Waals surface area contributed by atoms with E-state index in [9.17, 15) is 4.79 Å². The minimum Gasteiger partial charge on any atom is -0.372 e. The molecule has 2 atom stereocenters. The molecule has 1 aromatic heterocycles. The maximum absolute atomic E-state index is 12.4. The van der Waals surface area contributed by atoms with Gasteiger partial charge in [-0.2, -0.15) is 0 Å². The van der Waals surface area contributed by atoms with Crippen molar-refractivity contribution in [3.8, 4) is 10.6 Å². The molecule has 0 radical (unpaired) electrons. The Hall–Kier alpha value is -1.99. The summed E-state index contributed by atoms with van der Waals surface area (Å²) < 4.78 is 5.79. The van der Waals surface area contributed by atoms with Crippen LogP contribution in [0.25, 0.3) is 10.6 Å². The van der Waals surface area contributed by atoms with E-state index in [0.29, 0.717) is 19.6 Å². The van der Waals surface area contributed by atoms with Gasteiger partial charge in [0.2, 0.25) is 0 Å². The second-order valence-electron chi connectivity index (χ2n) is 5.91. The zero-order valence-corrected chi connectivity index (χ0v) is 14.8. The van der Waals surface area contributed by atoms with Crippen molar-refractivity contribution in [3.63, 3.8) is 0 Å². The van der Waals surface area contributed by atoms with E-state index in [4.69, 9.17) is 4.74 Å².